The van der Waals surface area contributed by atoms with E-state index < -0.39 is 6.09 Å². The molecule has 0 radical (unpaired) electrons. The van der Waals surface area contributed by atoms with E-state index in [1.54, 1.807) is 0 Å². The van der Waals surface area contributed by atoms with E-state index in [0.29, 0.717) is 0 Å². The van der Waals surface area contributed by atoms with Gasteiger partial charge in [-0.25, -0.2) is 4.79 Å². The van der Waals surface area contributed by atoms with E-state index >= 15 is 0 Å². The summed E-state index contributed by atoms with van der Waals surface area (Å²) in [5.41, 5.74) is 4.24. The molecule has 2 aromatic rings. The predicted molar refractivity (Wildman–Crippen MR) is 92.9 cm³/mol. The molecule has 1 amide bonds. The quantitative estimate of drug-likeness (QED) is 0.786. The number of halogens is 1. The van der Waals surface area contributed by atoms with Crippen LogP contribution in [0.1, 0.15) is 37.4 Å². The predicted octanol–water partition coefficient (Wildman–Crippen LogP) is 5.29. The largest absolute Gasteiger partial charge is 0.465 e. The summed E-state index contributed by atoms with van der Waals surface area (Å²) in [6.45, 7) is 4.22. The van der Waals surface area contributed by atoms with Crippen molar-refractivity contribution < 1.29 is 9.90 Å². The lowest BCUT2D eigenvalue weighted by molar-refractivity contribution is 0.161. The van der Waals surface area contributed by atoms with Crippen molar-refractivity contribution in [1.29, 1.82) is 0 Å². The summed E-state index contributed by atoms with van der Waals surface area (Å²) in [6, 6.07) is 13.8. The first-order valence-electron chi connectivity index (χ1n) is 7.76. The first-order valence-corrected chi connectivity index (χ1v) is 8.13. The molecule has 23 heavy (non-hydrogen) atoms. The zero-order valence-electron chi connectivity index (χ0n) is 13.3. The molecule has 0 unspecified atom stereocenters. The summed E-state index contributed by atoms with van der Waals surface area (Å²) in [5, 5.41) is 12.6. The van der Waals surface area contributed by atoms with Gasteiger partial charge in [-0.2, -0.15) is 0 Å². The Morgan fingerprint density at radius 1 is 1.26 bits per heavy atom. The van der Waals surface area contributed by atoms with Crippen molar-refractivity contribution in [2.75, 3.05) is 0 Å². The van der Waals surface area contributed by atoms with Gasteiger partial charge in [-0.15, -0.1) is 0 Å². The number of carbonyl (C=O) groups is 1. The zero-order valence-corrected chi connectivity index (χ0v) is 14.0. The minimum absolute atomic E-state index is 0.0999. The average molecular weight is 330 g/mol. The van der Waals surface area contributed by atoms with Gasteiger partial charge < -0.3 is 10.4 Å². The van der Waals surface area contributed by atoms with Gasteiger partial charge in [-0.3, -0.25) is 0 Å². The Hall–Kier alpha value is -2.00. The molecular formula is C19H20ClNO2. The number of hydrogen-bond donors (Lipinski definition) is 2. The third-order valence-electron chi connectivity index (χ3n) is 4.73. The second kappa shape index (κ2) is 5.89. The van der Waals surface area contributed by atoms with Crippen LogP contribution < -0.4 is 5.32 Å². The van der Waals surface area contributed by atoms with Crippen LogP contribution in [-0.2, 0) is 6.42 Å². The van der Waals surface area contributed by atoms with Gasteiger partial charge in [0.1, 0.15) is 0 Å². The van der Waals surface area contributed by atoms with Crippen molar-refractivity contribution in [3.63, 3.8) is 0 Å². The highest BCUT2D eigenvalue weighted by molar-refractivity contribution is 6.33. The minimum Gasteiger partial charge on any atom is -0.465 e. The number of carboxylic acid groups (broad SMARTS) is 1. The fourth-order valence-corrected chi connectivity index (χ4v) is 3.63. The fraction of sp³-hybridized carbons (Fsp3) is 0.316. The van der Waals surface area contributed by atoms with E-state index in [4.69, 9.17) is 16.7 Å². The zero-order chi connectivity index (χ0) is 16.6. The number of nitrogens with one attached hydrogen (secondary N) is 1. The van der Waals surface area contributed by atoms with Crippen LogP contribution in [0.5, 0.6) is 0 Å². The lowest BCUT2D eigenvalue weighted by Gasteiger charge is -2.40. The molecule has 4 heteroatoms. The first kappa shape index (κ1) is 15.9. The van der Waals surface area contributed by atoms with E-state index in [1.807, 2.05) is 36.4 Å². The number of hydrogen-bond acceptors (Lipinski definition) is 1. The normalized spacial score (nSPS) is 19.0. The molecule has 0 spiro atoms. The van der Waals surface area contributed by atoms with Gasteiger partial charge in [-0.05, 0) is 41.0 Å². The molecule has 1 atom stereocenters. The van der Waals surface area contributed by atoms with Gasteiger partial charge in [0.25, 0.3) is 0 Å². The standard InChI is InChI=1S/C19H20ClNO2/c1-19(2)10-9-13-11-12(14-5-3-4-6-16(14)20)7-8-15(13)17(19)21-18(22)23/h3-8,11,17,21H,9-10H2,1-2H3,(H,22,23)/t17-/m1/s1. The summed E-state index contributed by atoms with van der Waals surface area (Å²) in [7, 11) is 0. The minimum atomic E-state index is -0.980. The summed E-state index contributed by atoms with van der Waals surface area (Å²) >= 11 is 6.29. The maximum Gasteiger partial charge on any atom is 0.405 e. The highest BCUT2D eigenvalue weighted by Gasteiger charge is 2.37. The van der Waals surface area contributed by atoms with Crippen molar-refractivity contribution in [2.45, 2.75) is 32.7 Å². The van der Waals surface area contributed by atoms with Crippen LogP contribution in [0.3, 0.4) is 0 Å². The van der Waals surface area contributed by atoms with Crippen LogP contribution in [-0.4, -0.2) is 11.2 Å². The van der Waals surface area contributed by atoms with E-state index in [9.17, 15) is 4.79 Å². The number of fused-ring (bicyclic) bond motifs is 1. The molecule has 1 aliphatic rings. The molecule has 0 bridgehead atoms. The Balaban J connectivity index is 2.04. The van der Waals surface area contributed by atoms with Crippen molar-refractivity contribution >= 4 is 17.7 Å². The molecular weight excluding hydrogens is 310 g/mol. The summed E-state index contributed by atoms with van der Waals surface area (Å²) in [5.74, 6) is 0. The lowest BCUT2D eigenvalue weighted by Crippen LogP contribution is -2.40. The SMILES string of the molecule is CC1(C)CCc2cc(-c3ccccc3Cl)ccc2[C@H]1NC(=O)O. The van der Waals surface area contributed by atoms with Gasteiger partial charge in [-0.1, -0.05) is 61.8 Å². The topological polar surface area (TPSA) is 49.3 Å². The van der Waals surface area contributed by atoms with Crippen molar-refractivity contribution in [3.8, 4) is 11.1 Å². The number of rotatable bonds is 2. The van der Waals surface area contributed by atoms with E-state index in [1.165, 1.54) is 5.56 Å². The molecule has 0 aromatic heterocycles. The van der Waals surface area contributed by atoms with Crippen LogP contribution >= 0.6 is 11.6 Å². The van der Waals surface area contributed by atoms with Crippen molar-refractivity contribution in [3.05, 3.63) is 58.6 Å². The molecule has 0 heterocycles. The Morgan fingerprint density at radius 2 is 2.00 bits per heavy atom. The van der Waals surface area contributed by atoms with E-state index in [2.05, 4.69) is 25.2 Å². The van der Waals surface area contributed by atoms with Crippen LogP contribution in [0.15, 0.2) is 42.5 Å². The number of benzene rings is 2. The molecule has 0 fully saturated rings. The van der Waals surface area contributed by atoms with Gasteiger partial charge >= 0.3 is 6.09 Å². The van der Waals surface area contributed by atoms with E-state index in [0.717, 1.165) is 34.6 Å². The van der Waals surface area contributed by atoms with Crippen molar-refractivity contribution in [2.24, 2.45) is 5.41 Å². The highest BCUT2D eigenvalue weighted by atomic mass is 35.5. The number of aryl methyl sites for hydroxylation is 1. The Labute approximate surface area is 141 Å². The Kier molecular flexibility index (Phi) is 4.07. The van der Waals surface area contributed by atoms with Gasteiger partial charge in [0, 0.05) is 10.6 Å². The molecule has 3 rings (SSSR count). The lowest BCUT2D eigenvalue weighted by atomic mass is 9.70. The van der Waals surface area contributed by atoms with Crippen LogP contribution in [0.2, 0.25) is 5.02 Å². The Bertz CT molecular complexity index is 755. The summed E-state index contributed by atoms with van der Waals surface area (Å²) in [6.07, 6.45) is 0.904. The first-order chi connectivity index (χ1) is 10.9. The van der Waals surface area contributed by atoms with Crippen molar-refractivity contribution in [1.82, 2.24) is 5.32 Å². The summed E-state index contributed by atoms with van der Waals surface area (Å²) in [4.78, 5) is 11.2. The van der Waals surface area contributed by atoms with Crippen LogP contribution in [0, 0.1) is 5.41 Å². The molecule has 2 aromatic carbocycles. The molecule has 1 aliphatic carbocycles. The van der Waals surface area contributed by atoms with Crippen LogP contribution in [0.25, 0.3) is 11.1 Å². The third-order valence-corrected chi connectivity index (χ3v) is 5.06. The molecule has 3 nitrogen and oxygen atoms in total. The number of amides is 1. The molecule has 2 N–H and O–H groups in total. The highest BCUT2D eigenvalue weighted by Crippen LogP contribution is 2.44. The van der Waals surface area contributed by atoms with E-state index in [-0.39, 0.29) is 11.5 Å². The maximum absolute atomic E-state index is 11.2. The summed E-state index contributed by atoms with van der Waals surface area (Å²) < 4.78 is 0. The molecule has 120 valence electrons. The third kappa shape index (κ3) is 3.06. The smallest absolute Gasteiger partial charge is 0.405 e. The fourth-order valence-electron chi connectivity index (χ4n) is 3.39. The second-order valence-corrected chi connectivity index (χ2v) is 7.17. The van der Waals surface area contributed by atoms with Gasteiger partial charge in [0.15, 0.2) is 0 Å². The van der Waals surface area contributed by atoms with Gasteiger partial charge in [0.2, 0.25) is 0 Å². The monoisotopic (exact) mass is 329 g/mol. The molecule has 0 aliphatic heterocycles. The van der Waals surface area contributed by atoms with Gasteiger partial charge in [0.05, 0.1) is 6.04 Å². The maximum atomic E-state index is 11.2. The van der Waals surface area contributed by atoms with Crippen LogP contribution in [0.4, 0.5) is 4.79 Å². The average Bonchev–Trinajstić information content (AvgIpc) is 2.50. The molecule has 0 saturated carbocycles. The Morgan fingerprint density at radius 3 is 2.70 bits per heavy atom. The molecule has 0 saturated heterocycles. The second-order valence-electron chi connectivity index (χ2n) is 6.76.